The van der Waals surface area contributed by atoms with Crippen LogP contribution in [-0.4, -0.2) is 37.6 Å². The van der Waals surface area contributed by atoms with Crippen molar-refractivity contribution < 1.29 is 9.13 Å². The van der Waals surface area contributed by atoms with Gasteiger partial charge < -0.3 is 15.0 Å². The first-order chi connectivity index (χ1) is 11.1. The minimum Gasteiger partial charge on any atom is -0.380 e. The van der Waals surface area contributed by atoms with Gasteiger partial charge in [0, 0.05) is 32.3 Å². The number of ether oxygens (including phenoxy) is 1. The van der Waals surface area contributed by atoms with Crippen LogP contribution in [0.25, 0.3) is 0 Å². The van der Waals surface area contributed by atoms with Gasteiger partial charge in [-0.15, -0.1) is 24.0 Å². The van der Waals surface area contributed by atoms with Gasteiger partial charge in [-0.2, -0.15) is 0 Å². The first-order valence-corrected chi connectivity index (χ1v) is 8.43. The topological polar surface area (TPSA) is 36.9 Å². The first kappa shape index (κ1) is 21.2. The molecule has 136 valence electrons. The second-order valence-electron chi connectivity index (χ2n) is 6.22. The molecule has 1 unspecified atom stereocenters. The van der Waals surface area contributed by atoms with Crippen molar-refractivity contribution in [3.05, 3.63) is 35.1 Å². The van der Waals surface area contributed by atoms with E-state index in [-0.39, 0.29) is 36.4 Å². The van der Waals surface area contributed by atoms with Crippen molar-refractivity contribution in [3.8, 4) is 0 Å². The summed E-state index contributed by atoms with van der Waals surface area (Å²) in [5.41, 5.74) is 1.58. The zero-order chi connectivity index (χ0) is 16.7. The molecule has 0 aliphatic carbocycles. The third kappa shape index (κ3) is 6.20. The van der Waals surface area contributed by atoms with Crippen molar-refractivity contribution in [2.24, 2.45) is 10.9 Å². The minimum atomic E-state index is -0.226. The van der Waals surface area contributed by atoms with Gasteiger partial charge in [0.15, 0.2) is 5.96 Å². The van der Waals surface area contributed by atoms with Crippen LogP contribution in [0, 0.1) is 11.7 Å². The van der Waals surface area contributed by atoms with Crippen molar-refractivity contribution in [3.63, 3.8) is 0 Å². The summed E-state index contributed by atoms with van der Waals surface area (Å²) in [7, 11) is 1.57. The molecule has 4 nitrogen and oxygen atoms in total. The Morgan fingerprint density at radius 1 is 1.46 bits per heavy atom. The van der Waals surface area contributed by atoms with Crippen LogP contribution < -0.4 is 5.32 Å². The maximum Gasteiger partial charge on any atom is 0.194 e. The van der Waals surface area contributed by atoms with E-state index >= 15 is 0 Å². The number of piperidine rings is 1. The molecule has 1 aliphatic rings. The zero-order valence-corrected chi connectivity index (χ0v) is 17.2. The van der Waals surface area contributed by atoms with Gasteiger partial charge in [-0.25, -0.2) is 9.38 Å². The summed E-state index contributed by atoms with van der Waals surface area (Å²) in [4.78, 5) is 7.07. The Kier molecular flexibility index (Phi) is 9.58. The van der Waals surface area contributed by atoms with Gasteiger partial charge in [0.1, 0.15) is 5.82 Å². The lowest BCUT2D eigenvalue weighted by atomic mass is 10.0. The number of rotatable bonds is 5. The Morgan fingerprint density at radius 3 is 2.92 bits per heavy atom. The molecule has 0 aromatic heterocycles. The van der Waals surface area contributed by atoms with Crippen LogP contribution >= 0.6 is 24.0 Å². The van der Waals surface area contributed by atoms with Crippen LogP contribution in [0.15, 0.2) is 23.2 Å². The monoisotopic (exact) mass is 449 g/mol. The number of nitrogens with zero attached hydrogens (tertiary/aromatic N) is 2. The summed E-state index contributed by atoms with van der Waals surface area (Å²) in [6.45, 7) is 8.14. The van der Waals surface area contributed by atoms with Crippen molar-refractivity contribution >= 4 is 29.9 Å². The fraction of sp³-hybridized carbons (Fsp3) is 0.611. The summed E-state index contributed by atoms with van der Waals surface area (Å²) in [6, 6.07) is 5.13. The summed E-state index contributed by atoms with van der Waals surface area (Å²) in [5, 5.41) is 3.37. The molecule has 0 bridgehead atoms. The summed E-state index contributed by atoms with van der Waals surface area (Å²) in [6.07, 6.45) is 2.49. The fourth-order valence-electron chi connectivity index (χ4n) is 2.97. The van der Waals surface area contributed by atoms with Crippen LogP contribution in [0.2, 0.25) is 0 Å². The van der Waals surface area contributed by atoms with Gasteiger partial charge in [-0.3, -0.25) is 0 Å². The lowest BCUT2D eigenvalue weighted by Gasteiger charge is -2.33. The van der Waals surface area contributed by atoms with E-state index in [2.05, 4.69) is 24.1 Å². The Hall–Kier alpha value is -0.890. The fourth-order valence-corrected chi connectivity index (χ4v) is 2.97. The molecular formula is C18H29FIN3O. The van der Waals surface area contributed by atoms with Crippen LogP contribution in [0.3, 0.4) is 0 Å². The molecule has 1 aromatic rings. The summed E-state index contributed by atoms with van der Waals surface area (Å²) >= 11 is 0. The SMILES string of the molecule is CCNC(=NCc1ccc(F)c(COC)c1)N1CCCC(C)C1.I. The largest absolute Gasteiger partial charge is 0.380 e. The Labute approximate surface area is 161 Å². The van der Waals surface area contributed by atoms with Crippen LogP contribution in [0.5, 0.6) is 0 Å². The van der Waals surface area contributed by atoms with E-state index in [1.54, 1.807) is 13.2 Å². The van der Waals surface area contributed by atoms with Crippen LogP contribution in [0.1, 0.15) is 37.8 Å². The van der Waals surface area contributed by atoms with Gasteiger partial charge in [0.2, 0.25) is 0 Å². The average molecular weight is 449 g/mol. The second-order valence-corrected chi connectivity index (χ2v) is 6.22. The minimum absolute atomic E-state index is 0. The number of nitrogens with one attached hydrogen (secondary N) is 1. The van der Waals surface area contributed by atoms with Crippen LogP contribution in [0.4, 0.5) is 4.39 Å². The van der Waals surface area contributed by atoms with E-state index in [4.69, 9.17) is 9.73 Å². The maximum absolute atomic E-state index is 13.7. The van der Waals surface area contributed by atoms with Gasteiger partial charge in [0.05, 0.1) is 13.2 Å². The van der Waals surface area contributed by atoms with Crippen molar-refractivity contribution in [1.82, 2.24) is 10.2 Å². The highest BCUT2D eigenvalue weighted by molar-refractivity contribution is 14.0. The molecule has 0 spiro atoms. The van der Waals surface area contributed by atoms with E-state index < -0.39 is 0 Å². The highest BCUT2D eigenvalue weighted by atomic mass is 127. The molecular weight excluding hydrogens is 420 g/mol. The van der Waals surface area contributed by atoms with Gasteiger partial charge in [-0.05, 0) is 43.4 Å². The second kappa shape index (κ2) is 10.9. The normalized spacial score (nSPS) is 18.2. The van der Waals surface area contributed by atoms with E-state index in [1.165, 1.54) is 18.9 Å². The number of hydrogen-bond donors (Lipinski definition) is 1. The summed E-state index contributed by atoms with van der Waals surface area (Å²) < 4.78 is 18.7. The van der Waals surface area contributed by atoms with Crippen molar-refractivity contribution in [1.29, 1.82) is 0 Å². The predicted molar refractivity (Wildman–Crippen MR) is 107 cm³/mol. The number of methoxy groups -OCH3 is 1. The molecule has 2 rings (SSSR count). The van der Waals surface area contributed by atoms with Crippen molar-refractivity contribution in [2.75, 3.05) is 26.7 Å². The molecule has 0 radical (unpaired) electrons. The number of aliphatic imine (C=N–C) groups is 1. The van der Waals surface area contributed by atoms with Gasteiger partial charge >= 0.3 is 0 Å². The van der Waals surface area contributed by atoms with E-state index in [9.17, 15) is 4.39 Å². The molecule has 1 aromatic carbocycles. The Balaban J connectivity index is 0.00000288. The third-order valence-electron chi connectivity index (χ3n) is 4.11. The molecule has 24 heavy (non-hydrogen) atoms. The molecule has 1 atom stereocenters. The number of guanidine groups is 1. The molecule has 1 N–H and O–H groups in total. The maximum atomic E-state index is 13.7. The lowest BCUT2D eigenvalue weighted by Crippen LogP contribution is -2.46. The number of likely N-dealkylation sites (tertiary alicyclic amines) is 1. The van der Waals surface area contributed by atoms with E-state index in [0.29, 0.717) is 18.0 Å². The predicted octanol–water partition coefficient (Wildman–Crippen LogP) is 3.79. The third-order valence-corrected chi connectivity index (χ3v) is 4.11. The standard InChI is InChI=1S/C18H28FN3O.HI/c1-4-20-18(22-9-5-6-14(2)12-22)21-11-15-7-8-17(19)16(10-15)13-23-3;/h7-8,10,14H,4-6,9,11-13H2,1-3H3,(H,20,21);1H. The highest BCUT2D eigenvalue weighted by Crippen LogP contribution is 2.16. The Morgan fingerprint density at radius 2 is 2.25 bits per heavy atom. The lowest BCUT2D eigenvalue weighted by molar-refractivity contribution is 0.181. The smallest absolute Gasteiger partial charge is 0.194 e. The molecule has 0 amide bonds. The molecule has 1 heterocycles. The molecule has 1 fully saturated rings. The highest BCUT2D eigenvalue weighted by Gasteiger charge is 2.19. The quantitative estimate of drug-likeness (QED) is 0.422. The number of hydrogen-bond acceptors (Lipinski definition) is 2. The van der Waals surface area contributed by atoms with Crippen molar-refractivity contribution in [2.45, 2.75) is 39.8 Å². The van der Waals surface area contributed by atoms with Gasteiger partial charge in [-0.1, -0.05) is 13.0 Å². The van der Waals surface area contributed by atoms with Crippen LogP contribution in [-0.2, 0) is 17.9 Å². The summed E-state index contributed by atoms with van der Waals surface area (Å²) in [5.74, 6) is 1.43. The van der Waals surface area contributed by atoms with Gasteiger partial charge in [0.25, 0.3) is 0 Å². The molecule has 0 saturated carbocycles. The number of halogens is 2. The molecule has 1 saturated heterocycles. The zero-order valence-electron chi connectivity index (χ0n) is 14.8. The number of benzene rings is 1. The Bertz CT molecular complexity index is 539. The van der Waals surface area contributed by atoms with E-state index in [0.717, 1.165) is 31.2 Å². The average Bonchev–Trinajstić information content (AvgIpc) is 2.54. The molecule has 1 aliphatic heterocycles. The van der Waals surface area contributed by atoms with E-state index in [1.807, 2.05) is 6.07 Å². The molecule has 6 heteroatoms. The first-order valence-electron chi connectivity index (χ1n) is 8.43.